The maximum atomic E-state index is 11.2. The van der Waals surface area contributed by atoms with E-state index in [0.29, 0.717) is 16.6 Å². The SMILES string of the molecule is CCCCN(c1ccc(Cl)cc1C=O)C(C)CC. The number of anilines is 1. The van der Waals surface area contributed by atoms with Crippen LogP contribution in [0.25, 0.3) is 0 Å². The van der Waals surface area contributed by atoms with Crippen molar-refractivity contribution in [2.75, 3.05) is 11.4 Å². The third-order valence-electron chi connectivity index (χ3n) is 3.30. The van der Waals surface area contributed by atoms with Gasteiger partial charge in [0, 0.05) is 28.9 Å². The van der Waals surface area contributed by atoms with E-state index in [-0.39, 0.29) is 0 Å². The van der Waals surface area contributed by atoms with Crippen molar-refractivity contribution in [2.45, 2.75) is 46.1 Å². The molecule has 0 aliphatic heterocycles. The summed E-state index contributed by atoms with van der Waals surface area (Å²) in [5.74, 6) is 0. The van der Waals surface area contributed by atoms with Crippen LogP contribution in [0.15, 0.2) is 18.2 Å². The molecule has 0 spiro atoms. The van der Waals surface area contributed by atoms with Crippen molar-refractivity contribution < 1.29 is 4.79 Å². The van der Waals surface area contributed by atoms with Gasteiger partial charge in [-0.1, -0.05) is 31.9 Å². The first kappa shape index (κ1) is 15.0. The van der Waals surface area contributed by atoms with Crippen LogP contribution in [0.3, 0.4) is 0 Å². The minimum Gasteiger partial charge on any atom is -0.368 e. The Balaban J connectivity index is 3.07. The highest BCUT2D eigenvalue weighted by Gasteiger charge is 2.15. The van der Waals surface area contributed by atoms with Crippen molar-refractivity contribution in [1.29, 1.82) is 0 Å². The maximum Gasteiger partial charge on any atom is 0.152 e. The number of benzene rings is 1. The van der Waals surface area contributed by atoms with Crippen molar-refractivity contribution in [3.05, 3.63) is 28.8 Å². The zero-order chi connectivity index (χ0) is 13.5. The van der Waals surface area contributed by atoms with Crippen LogP contribution in [0.1, 0.15) is 50.4 Å². The quantitative estimate of drug-likeness (QED) is 0.675. The van der Waals surface area contributed by atoms with Gasteiger partial charge in [-0.3, -0.25) is 4.79 Å². The summed E-state index contributed by atoms with van der Waals surface area (Å²) in [5, 5.41) is 0.612. The minimum atomic E-state index is 0.427. The number of hydrogen-bond donors (Lipinski definition) is 0. The highest BCUT2D eigenvalue weighted by Crippen LogP contribution is 2.26. The van der Waals surface area contributed by atoms with E-state index in [1.165, 1.54) is 0 Å². The highest BCUT2D eigenvalue weighted by molar-refractivity contribution is 6.31. The Morgan fingerprint density at radius 3 is 2.67 bits per heavy atom. The summed E-state index contributed by atoms with van der Waals surface area (Å²) >= 11 is 5.94. The van der Waals surface area contributed by atoms with Crippen molar-refractivity contribution in [3.8, 4) is 0 Å². The van der Waals surface area contributed by atoms with Crippen LogP contribution in [-0.2, 0) is 0 Å². The molecule has 0 aliphatic carbocycles. The number of aldehydes is 1. The Hall–Kier alpha value is -1.02. The standard InChI is InChI=1S/C15H22ClNO/c1-4-6-9-17(12(3)5-2)15-8-7-14(16)10-13(15)11-18/h7-8,10-12H,4-6,9H2,1-3H3. The summed E-state index contributed by atoms with van der Waals surface area (Å²) < 4.78 is 0. The molecule has 0 N–H and O–H groups in total. The molecule has 3 heteroatoms. The molecule has 1 aromatic carbocycles. The predicted molar refractivity (Wildman–Crippen MR) is 78.8 cm³/mol. The van der Waals surface area contributed by atoms with Crippen LogP contribution < -0.4 is 4.90 Å². The number of halogens is 1. The summed E-state index contributed by atoms with van der Waals surface area (Å²) in [6, 6.07) is 5.97. The average molecular weight is 268 g/mol. The first-order chi connectivity index (χ1) is 8.63. The Morgan fingerprint density at radius 2 is 2.11 bits per heavy atom. The highest BCUT2D eigenvalue weighted by atomic mass is 35.5. The molecule has 100 valence electrons. The number of unbranched alkanes of at least 4 members (excludes halogenated alkanes) is 1. The van der Waals surface area contributed by atoms with E-state index >= 15 is 0 Å². The molecule has 0 bridgehead atoms. The van der Waals surface area contributed by atoms with E-state index in [4.69, 9.17) is 11.6 Å². The largest absolute Gasteiger partial charge is 0.368 e. The second kappa shape index (κ2) is 7.42. The van der Waals surface area contributed by atoms with Crippen molar-refractivity contribution in [3.63, 3.8) is 0 Å². The van der Waals surface area contributed by atoms with Gasteiger partial charge in [0.2, 0.25) is 0 Å². The monoisotopic (exact) mass is 267 g/mol. The second-order valence-electron chi connectivity index (χ2n) is 4.63. The van der Waals surface area contributed by atoms with E-state index in [0.717, 1.165) is 37.8 Å². The Kier molecular flexibility index (Phi) is 6.20. The fourth-order valence-corrected chi connectivity index (χ4v) is 2.19. The molecule has 0 amide bonds. The number of rotatable bonds is 7. The van der Waals surface area contributed by atoms with Crippen molar-refractivity contribution in [1.82, 2.24) is 0 Å². The lowest BCUT2D eigenvalue weighted by atomic mass is 10.1. The van der Waals surface area contributed by atoms with Gasteiger partial charge < -0.3 is 4.90 Å². The Labute approximate surface area is 115 Å². The van der Waals surface area contributed by atoms with Gasteiger partial charge in [-0.2, -0.15) is 0 Å². The summed E-state index contributed by atoms with van der Waals surface area (Å²) in [4.78, 5) is 13.5. The van der Waals surface area contributed by atoms with Crippen LogP contribution in [0.5, 0.6) is 0 Å². The summed E-state index contributed by atoms with van der Waals surface area (Å²) in [6.07, 6.45) is 4.23. The van der Waals surface area contributed by atoms with Crippen LogP contribution in [0.2, 0.25) is 5.02 Å². The lowest BCUT2D eigenvalue weighted by Gasteiger charge is -2.32. The summed E-state index contributed by atoms with van der Waals surface area (Å²) in [5.41, 5.74) is 1.68. The summed E-state index contributed by atoms with van der Waals surface area (Å²) in [7, 11) is 0. The third kappa shape index (κ3) is 3.74. The molecule has 1 atom stereocenters. The second-order valence-corrected chi connectivity index (χ2v) is 5.06. The zero-order valence-electron chi connectivity index (χ0n) is 11.4. The molecule has 1 rings (SSSR count). The predicted octanol–water partition coefficient (Wildman–Crippen LogP) is 4.56. The fraction of sp³-hybridized carbons (Fsp3) is 0.533. The maximum absolute atomic E-state index is 11.2. The van der Waals surface area contributed by atoms with Crippen LogP contribution in [0.4, 0.5) is 5.69 Å². The molecule has 1 unspecified atom stereocenters. The Morgan fingerprint density at radius 1 is 1.39 bits per heavy atom. The molecule has 0 aliphatic rings. The van der Waals surface area contributed by atoms with Crippen LogP contribution >= 0.6 is 11.6 Å². The molecule has 2 nitrogen and oxygen atoms in total. The van der Waals surface area contributed by atoms with E-state index in [1.54, 1.807) is 6.07 Å². The number of carbonyl (C=O) groups is 1. The smallest absolute Gasteiger partial charge is 0.152 e. The van der Waals surface area contributed by atoms with E-state index in [1.807, 2.05) is 12.1 Å². The van der Waals surface area contributed by atoms with Gasteiger partial charge in [-0.05, 0) is 38.0 Å². The molecule has 0 saturated heterocycles. The average Bonchev–Trinajstić information content (AvgIpc) is 2.39. The van der Waals surface area contributed by atoms with Gasteiger partial charge in [-0.15, -0.1) is 0 Å². The normalized spacial score (nSPS) is 12.2. The molecular weight excluding hydrogens is 246 g/mol. The molecule has 0 heterocycles. The topological polar surface area (TPSA) is 20.3 Å². The molecule has 1 aromatic rings. The zero-order valence-corrected chi connectivity index (χ0v) is 12.2. The molecule has 0 aromatic heterocycles. The number of carbonyl (C=O) groups excluding carboxylic acids is 1. The van der Waals surface area contributed by atoms with Gasteiger partial charge in [-0.25, -0.2) is 0 Å². The lowest BCUT2D eigenvalue weighted by Crippen LogP contribution is -2.34. The number of hydrogen-bond acceptors (Lipinski definition) is 2. The van der Waals surface area contributed by atoms with Crippen LogP contribution in [0, 0.1) is 0 Å². The van der Waals surface area contributed by atoms with Gasteiger partial charge in [0.1, 0.15) is 0 Å². The van der Waals surface area contributed by atoms with Crippen molar-refractivity contribution >= 4 is 23.6 Å². The lowest BCUT2D eigenvalue weighted by molar-refractivity contribution is 0.112. The van der Waals surface area contributed by atoms with E-state index < -0.39 is 0 Å². The van der Waals surface area contributed by atoms with Gasteiger partial charge in [0.25, 0.3) is 0 Å². The number of nitrogens with zero attached hydrogens (tertiary/aromatic N) is 1. The van der Waals surface area contributed by atoms with Gasteiger partial charge in [0.05, 0.1) is 0 Å². The molecule has 0 saturated carbocycles. The molecule has 0 radical (unpaired) electrons. The first-order valence-corrected chi connectivity index (χ1v) is 7.03. The van der Waals surface area contributed by atoms with Crippen LogP contribution in [-0.4, -0.2) is 18.9 Å². The third-order valence-corrected chi connectivity index (χ3v) is 3.54. The van der Waals surface area contributed by atoms with E-state index in [9.17, 15) is 4.79 Å². The first-order valence-electron chi connectivity index (χ1n) is 6.65. The molecule has 0 fully saturated rings. The van der Waals surface area contributed by atoms with Gasteiger partial charge in [0.15, 0.2) is 6.29 Å². The molecule has 18 heavy (non-hydrogen) atoms. The Bertz CT molecular complexity index is 392. The fourth-order valence-electron chi connectivity index (χ4n) is 2.01. The van der Waals surface area contributed by atoms with Crippen molar-refractivity contribution in [2.24, 2.45) is 0 Å². The van der Waals surface area contributed by atoms with Gasteiger partial charge >= 0.3 is 0 Å². The molecular formula is C15H22ClNO. The summed E-state index contributed by atoms with van der Waals surface area (Å²) in [6.45, 7) is 7.52. The minimum absolute atomic E-state index is 0.427. The van der Waals surface area contributed by atoms with E-state index in [2.05, 4.69) is 25.7 Å².